The molecule has 0 atom stereocenters. The van der Waals surface area contributed by atoms with Crippen molar-refractivity contribution in [2.45, 2.75) is 0 Å². The van der Waals surface area contributed by atoms with Crippen LogP contribution in [0.4, 0.5) is 5.13 Å². The van der Waals surface area contributed by atoms with Gasteiger partial charge in [-0.05, 0) is 33.6 Å². The maximum atomic E-state index is 5.33. The van der Waals surface area contributed by atoms with Gasteiger partial charge in [-0.15, -0.1) is 11.3 Å². The van der Waals surface area contributed by atoms with E-state index in [0.717, 1.165) is 26.4 Å². The van der Waals surface area contributed by atoms with Gasteiger partial charge in [0.15, 0.2) is 11.5 Å². The van der Waals surface area contributed by atoms with Crippen LogP contribution in [-0.2, 0) is 0 Å². The van der Waals surface area contributed by atoms with Gasteiger partial charge in [0, 0.05) is 10.9 Å². The molecule has 2 aromatic carbocycles. The Hall–Kier alpha value is -2.38. The molecule has 128 valence electrons. The van der Waals surface area contributed by atoms with Crippen LogP contribution in [0, 0.1) is 0 Å². The summed E-state index contributed by atoms with van der Waals surface area (Å²) in [6.07, 6.45) is 1.70. The number of benzene rings is 2. The molecule has 0 unspecified atom stereocenters. The Morgan fingerprint density at radius 1 is 1.16 bits per heavy atom. The van der Waals surface area contributed by atoms with E-state index in [1.807, 2.05) is 47.8 Å². The molecule has 7 heteroatoms. The SMILES string of the molecule is COc1cc(/C=N/Nc2nc(-c3ccccc3)cs2)cc(Br)c1OC. The van der Waals surface area contributed by atoms with Gasteiger partial charge in [-0.1, -0.05) is 30.3 Å². The summed E-state index contributed by atoms with van der Waals surface area (Å²) in [5.74, 6) is 1.29. The lowest BCUT2D eigenvalue weighted by molar-refractivity contribution is 0.353. The second-order valence-corrected chi connectivity index (χ2v) is 6.72. The van der Waals surface area contributed by atoms with Crippen molar-refractivity contribution in [2.24, 2.45) is 5.10 Å². The van der Waals surface area contributed by atoms with Gasteiger partial charge in [0.25, 0.3) is 0 Å². The highest BCUT2D eigenvalue weighted by Crippen LogP contribution is 2.35. The molecule has 0 bridgehead atoms. The van der Waals surface area contributed by atoms with E-state index in [1.165, 1.54) is 11.3 Å². The van der Waals surface area contributed by atoms with Crippen molar-refractivity contribution in [1.29, 1.82) is 0 Å². The number of nitrogens with zero attached hydrogens (tertiary/aromatic N) is 2. The fourth-order valence-electron chi connectivity index (χ4n) is 2.24. The molecule has 0 radical (unpaired) electrons. The molecular weight excluding hydrogens is 402 g/mol. The molecule has 0 aliphatic rings. The van der Waals surface area contributed by atoms with Crippen LogP contribution in [0.15, 0.2) is 57.4 Å². The zero-order valence-corrected chi connectivity index (χ0v) is 16.1. The normalized spacial score (nSPS) is 10.8. The molecule has 0 aliphatic heterocycles. The topological polar surface area (TPSA) is 55.7 Å². The average molecular weight is 418 g/mol. The number of hydrazone groups is 1. The third-order valence-corrected chi connectivity index (χ3v) is 4.74. The Morgan fingerprint density at radius 3 is 2.68 bits per heavy atom. The van der Waals surface area contributed by atoms with Crippen molar-refractivity contribution in [3.63, 3.8) is 0 Å². The fourth-order valence-corrected chi connectivity index (χ4v) is 3.53. The molecule has 0 spiro atoms. The molecule has 1 N–H and O–H groups in total. The Kier molecular flexibility index (Phi) is 5.67. The number of hydrogen-bond donors (Lipinski definition) is 1. The molecule has 3 aromatic rings. The Bertz CT molecular complexity index is 881. The number of nitrogens with one attached hydrogen (secondary N) is 1. The van der Waals surface area contributed by atoms with Crippen LogP contribution in [0.3, 0.4) is 0 Å². The predicted octanol–water partition coefficient (Wildman–Crippen LogP) is 5.04. The highest BCUT2D eigenvalue weighted by atomic mass is 79.9. The molecule has 3 rings (SSSR count). The summed E-state index contributed by atoms with van der Waals surface area (Å²) in [5.41, 5.74) is 5.84. The number of ether oxygens (including phenoxy) is 2. The first-order chi connectivity index (χ1) is 12.2. The minimum absolute atomic E-state index is 0.638. The minimum Gasteiger partial charge on any atom is -0.493 e. The number of aromatic nitrogens is 1. The van der Waals surface area contributed by atoms with E-state index < -0.39 is 0 Å². The summed E-state index contributed by atoms with van der Waals surface area (Å²) < 4.78 is 11.4. The van der Waals surface area contributed by atoms with Gasteiger partial charge in [0.05, 0.1) is 30.6 Å². The number of halogens is 1. The minimum atomic E-state index is 0.638. The van der Waals surface area contributed by atoms with Crippen LogP contribution in [-0.4, -0.2) is 25.4 Å². The van der Waals surface area contributed by atoms with Crippen LogP contribution < -0.4 is 14.9 Å². The molecule has 0 saturated heterocycles. The number of thiazole rings is 1. The first-order valence-electron chi connectivity index (χ1n) is 7.43. The van der Waals surface area contributed by atoms with E-state index in [-0.39, 0.29) is 0 Å². The molecule has 5 nitrogen and oxygen atoms in total. The summed E-state index contributed by atoms with van der Waals surface area (Å²) in [6, 6.07) is 13.8. The smallest absolute Gasteiger partial charge is 0.203 e. The fraction of sp³-hybridized carbons (Fsp3) is 0.111. The van der Waals surface area contributed by atoms with Gasteiger partial charge < -0.3 is 9.47 Å². The number of methoxy groups -OCH3 is 2. The lowest BCUT2D eigenvalue weighted by Crippen LogP contribution is -1.95. The van der Waals surface area contributed by atoms with E-state index >= 15 is 0 Å². The van der Waals surface area contributed by atoms with Crippen molar-refractivity contribution in [3.8, 4) is 22.8 Å². The largest absolute Gasteiger partial charge is 0.493 e. The van der Waals surface area contributed by atoms with Crippen molar-refractivity contribution in [1.82, 2.24) is 4.98 Å². The van der Waals surface area contributed by atoms with Gasteiger partial charge in [0.2, 0.25) is 5.13 Å². The van der Waals surface area contributed by atoms with Crippen LogP contribution in [0.2, 0.25) is 0 Å². The van der Waals surface area contributed by atoms with Gasteiger partial charge in [-0.3, -0.25) is 5.43 Å². The lowest BCUT2D eigenvalue weighted by atomic mass is 10.2. The second-order valence-electron chi connectivity index (χ2n) is 5.01. The van der Waals surface area contributed by atoms with Crippen molar-refractivity contribution in [2.75, 3.05) is 19.6 Å². The Balaban J connectivity index is 1.72. The second kappa shape index (κ2) is 8.13. The maximum absolute atomic E-state index is 5.33. The van der Waals surface area contributed by atoms with Crippen LogP contribution >= 0.6 is 27.3 Å². The predicted molar refractivity (Wildman–Crippen MR) is 106 cm³/mol. The molecule has 0 fully saturated rings. The number of rotatable bonds is 6. The summed E-state index contributed by atoms with van der Waals surface area (Å²) in [4.78, 5) is 4.53. The van der Waals surface area contributed by atoms with E-state index in [9.17, 15) is 0 Å². The highest BCUT2D eigenvalue weighted by Gasteiger charge is 2.09. The third kappa shape index (κ3) is 4.18. The molecule has 1 aromatic heterocycles. The summed E-state index contributed by atoms with van der Waals surface area (Å²) in [5, 5.41) is 6.98. The van der Waals surface area contributed by atoms with E-state index in [0.29, 0.717) is 11.5 Å². The molecule has 0 aliphatic carbocycles. The summed E-state index contributed by atoms with van der Waals surface area (Å²) in [7, 11) is 3.20. The third-order valence-electron chi connectivity index (χ3n) is 3.40. The first-order valence-corrected chi connectivity index (χ1v) is 9.10. The number of hydrogen-bond acceptors (Lipinski definition) is 6. The van der Waals surface area contributed by atoms with Gasteiger partial charge in [-0.2, -0.15) is 5.10 Å². The monoisotopic (exact) mass is 417 g/mol. The van der Waals surface area contributed by atoms with Gasteiger partial charge in [-0.25, -0.2) is 4.98 Å². The van der Waals surface area contributed by atoms with Gasteiger partial charge >= 0.3 is 0 Å². The summed E-state index contributed by atoms with van der Waals surface area (Å²) >= 11 is 4.97. The quantitative estimate of drug-likeness (QED) is 0.450. The lowest BCUT2D eigenvalue weighted by Gasteiger charge is -2.10. The number of anilines is 1. The highest BCUT2D eigenvalue weighted by molar-refractivity contribution is 9.10. The molecule has 1 heterocycles. The van der Waals surface area contributed by atoms with Crippen LogP contribution in [0.25, 0.3) is 11.3 Å². The zero-order chi connectivity index (χ0) is 17.6. The molecule has 0 amide bonds. The molecule has 0 saturated carbocycles. The zero-order valence-electron chi connectivity index (χ0n) is 13.7. The standard InChI is InChI=1S/C18H16BrN3O2S/c1-23-16-9-12(8-14(19)17(16)24-2)10-20-22-18-21-15(11-25-18)13-6-4-3-5-7-13/h3-11H,1-2H3,(H,21,22)/b20-10+. The van der Waals surface area contributed by atoms with E-state index in [1.54, 1.807) is 20.4 Å². The van der Waals surface area contributed by atoms with Crippen molar-refractivity contribution >= 4 is 38.6 Å². The average Bonchev–Trinajstić information content (AvgIpc) is 3.11. The van der Waals surface area contributed by atoms with E-state index in [2.05, 4.69) is 31.4 Å². The Morgan fingerprint density at radius 2 is 1.96 bits per heavy atom. The Labute approximate surface area is 158 Å². The first kappa shape index (κ1) is 17.4. The van der Waals surface area contributed by atoms with Crippen molar-refractivity contribution < 1.29 is 9.47 Å². The maximum Gasteiger partial charge on any atom is 0.203 e. The van der Waals surface area contributed by atoms with Crippen LogP contribution in [0.1, 0.15) is 5.56 Å². The van der Waals surface area contributed by atoms with Crippen molar-refractivity contribution in [3.05, 3.63) is 57.9 Å². The van der Waals surface area contributed by atoms with Crippen LogP contribution in [0.5, 0.6) is 11.5 Å². The van der Waals surface area contributed by atoms with E-state index in [4.69, 9.17) is 9.47 Å². The molecular formula is C18H16BrN3O2S. The molecule has 25 heavy (non-hydrogen) atoms. The van der Waals surface area contributed by atoms with Gasteiger partial charge in [0.1, 0.15) is 0 Å². The summed E-state index contributed by atoms with van der Waals surface area (Å²) in [6.45, 7) is 0.